The van der Waals surface area contributed by atoms with Gasteiger partial charge in [0.15, 0.2) is 5.69 Å². The van der Waals surface area contributed by atoms with Crippen molar-refractivity contribution in [3.8, 4) is 23.6 Å². The molecule has 0 amide bonds. The number of pyridine rings is 1. The van der Waals surface area contributed by atoms with Crippen molar-refractivity contribution < 1.29 is 19.0 Å². The number of esters is 1. The molecule has 0 aliphatic rings. The summed E-state index contributed by atoms with van der Waals surface area (Å²) in [5.74, 6) is -0.715. The van der Waals surface area contributed by atoms with Crippen LogP contribution in [0.1, 0.15) is 65.6 Å². The molecule has 0 aliphatic heterocycles. The van der Waals surface area contributed by atoms with Crippen LogP contribution in [0.3, 0.4) is 0 Å². The fraction of sp³-hybridized carbons (Fsp3) is 0.310. The van der Waals surface area contributed by atoms with Crippen molar-refractivity contribution >= 4 is 23.3 Å². The molecule has 0 fully saturated rings. The maximum absolute atomic E-state index is 13.5. The van der Waals surface area contributed by atoms with Gasteiger partial charge in [-0.3, -0.25) is 4.79 Å². The van der Waals surface area contributed by atoms with Crippen LogP contribution in [-0.2, 0) is 11.8 Å². The number of rotatable bonds is 10. The number of carbonyl (C=O) groups is 1. The van der Waals surface area contributed by atoms with Gasteiger partial charge in [-0.25, -0.2) is 14.5 Å². The highest BCUT2D eigenvalue weighted by molar-refractivity contribution is 6.30. The summed E-state index contributed by atoms with van der Waals surface area (Å²) in [6, 6.07) is 9.72. The predicted molar refractivity (Wildman–Crippen MR) is 156 cm³/mol. The number of ether oxygens (including phenoxy) is 3. The van der Waals surface area contributed by atoms with Gasteiger partial charge in [0.2, 0.25) is 5.88 Å². The number of benzene rings is 1. The van der Waals surface area contributed by atoms with Gasteiger partial charge < -0.3 is 24.1 Å². The number of nitrogens with zero attached hydrogens (tertiary/aromatic N) is 6. The summed E-state index contributed by atoms with van der Waals surface area (Å²) in [5.41, 5.74) is 2.39. The Hall–Kier alpha value is -4.89. The van der Waals surface area contributed by atoms with Crippen LogP contribution < -0.4 is 20.3 Å². The van der Waals surface area contributed by atoms with Crippen molar-refractivity contribution in [3.63, 3.8) is 0 Å². The molecular weight excluding hydrogens is 562 g/mol. The number of carbonyl (C=O) groups excluding carboxylic acids is 1. The average Bonchev–Trinajstić information content (AvgIpc) is 3.38. The van der Waals surface area contributed by atoms with Gasteiger partial charge in [0.05, 0.1) is 55.4 Å². The maximum Gasteiger partial charge on any atom is 0.359 e. The van der Waals surface area contributed by atoms with Crippen LogP contribution in [0.2, 0.25) is 5.02 Å². The normalized spacial score (nSPS) is 11.6. The Balaban J connectivity index is 2.08. The summed E-state index contributed by atoms with van der Waals surface area (Å²) in [7, 11) is 4.48. The van der Waals surface area contributed by atoms with Crippen LogP contribution in [-0.4, -0.2) is 51.1 Å². The number of aromatic nitrogens is 5. The summed E-state index contributed by atoms with van der Waals surface area (Å²) in [5, 5.41) is 17.7. The van der Waals surface area contributed by atoms with Gasteiger partial charge in [-0.15, -0.1) is 0 Å². The van der Waals surface area contributed by atoms with E-state index in [1.54, 1.807) is 42.9 Å². The molecule has 13 heteroatoms. The SMILES string of the molecule is CCOC(=O)c1nn(-c2cnc(OC)nc2OC)c(C(C)C)c1C(Nc1cc(Cl)cn(C)c1=O)c1ccc(C#N)cc1. The Labute approximate surface area is 247 Å². The number of anilines is 1. The third kappa shape index (κ3) is 5.91. The van der Waals surface area contributed by atoms with Crippen molar-refractivity contribution in [1.82, 2.24) is 24.3 Å². The van der Waals surface area contributed by atoms with E-state index in [1.807, 2.05) is 13.8 Å². The van der Waals surface area contributed by atoms with E-state index in [9.17, 15) is 14.9 Å². The molecule has 3 aromatic heterocycles. The number of nitriles is 1. The Morgan fingerprint density at radius 2 is 1.90 bits per heavy atom. The molecule has 42 heavy (non-hydrogen) atoms. The summed E-state index contributed by atoms with van der Waals surface area (Å²) >= 11 is 6.32. The monoisotopic (exact) mass is 591 g/mol. The number of methoxy groups -OCH3 is 2. The van der Waals surface area contributed by atoms with E-state index in [1.165, 1.54) is 37.2 Å². The fourth-order valence-electron chi connectivity index (χ4n) is 4.56. The third-order valence-electron chi connectivity index (χ3n) is 6.40. The molecule has 218 valence electrons. The molecule has 0 spiro atoms. The second-order valence-electron chi connectivity index (χ2n) is 9.48. The maximum atomic E-state index is 13.5. The Kier molecular flexibility index (Phi) is 9.12. The molecule has 4 rings (SSSR count). The first-order valence-corrected chi connectivity index (χ1v) is 13.4. The summed E-state index contributed by atoms with van der Waals surface area (Å²) < 4.78 is 19.0. The van der Waals surface area contributed by atoms with E-state index in [-0.39, 0.29) is 41.4 Å². The number of halogens is 1. The van der Waals surface area contributed by atoms with E-state index in [2.05, 4.69) is 21.4 Å². The molecular formula is C29H30ClN7O5. The van der Waals surface area contributed by atoms with Gasteiger partial charge in [0, 0.05) is 18.8 Å². The summed E-state index contributed by atoms with van der Waals surface area (Å²) in [6.07, 6.45) is 2.99. The van der Waals surface area contributed by atoms with Crippen LogP contribution in [0.15, 0.2) is 47.5 Å². The number of hydrogen-bond acceptors (Lipinski definition) is 10. The number of aryl methyl sites for hydroxylation is 1. The van der Waals surface area contributed by atoms with Gasteiger partial charge in [0.25, 0.3) is 5.56 Å². The van der Waals surface area contributed by atoms with Crippen molar-refractivity contribution in [2.75, 3.05) is 26.1 Å². The van der Waals surface area contributed by atoms with E-state index in [0.29, 0.717) is 33.1 Å². The molecule has 0 radical (unpaired) electrons. The second kappa shape index (κ2) is 12.7. The smallest absolute Gasteiger partial charge is 0.359 e. The second-order valence-corrected chi connectivity index (χ2v) is 9.92. The Morgan fingerprint density at radius 1 is 1.19 bits per heavy atom. The van der Waals surface area contributed by atoms with Crippen molar-refractivity contribution in [3.05, 3.63) is 86.2 Å². The summed E-state index contributed by atoms with van der Waals surface area (Å²) in [4.78, 5) is 35.2. The third-order valence-corrected chi connectivity index (χ3v) is 6.61. The summed E-state index contributed by atoms with van der Waals surface area (Å²) in [6.45, 7) is 5.69. The lowest BCUT2D eigenvalue weighted by atomic mass is 9.91. The first-order valence-electron chi connectivity index (χ1n) is 13.0. The lowest BCUT2D eigenvalue weighted by molar-refractivity contribution is 0.0517. The first-order chi connectivity index (χ1) is 20.1. The Bertz CT molecular complexity index is 1710. The zero-order valence-electron chi connectivity index (χ0n) is 24.0. The highest BCUT2D eigenvalue weighted by atomic mass is 35.5. The van der Waals surface area contributed by atoms with E-state index in [4.69, 9.17) is 30.9 Å². The molecule has 1 unspecified atom stereocenters. The van der Waals surface area contributed by atoms with Crippen LogP contribution in [0.4, 0.5) is 5.69 Å². The predicted octanol–water partition coefficient (Wildman–Crippen LogP) is 4.40. The zero-order chi connectivity index (χ0) is 30.6. The largest absolute Gasteiger partial charge is 0.479 e. The van der Waals surface area contributed by atoms with Gasteiger partial charge >= 0.3 is 12.0 Å². The van der Waals surface area contributed by atoms with Gasteiger partial charge in [-0.05, 0) is 36.6 Å². The standard InChI is InChI=1S/C29H30ClN7O5/c1-7-42-28(39)24-22(25(16(2)3)37(35-24)21-14-32-29(41-6)34-26(21)40-5)23(18-10-8-17(13-31)9-11-18)33-20-12-19(30)15-36(4)27(20)38/h8-12,14-16,23,33H,7H2,1-6H3. The minimum absolute atomic E-state index is 0.0131. The zero-order valence-corrected chi connectivity index (χ0v) is 24.8. The highest BCUT2D eigenvalue weighted by Gasteiger charge is 2.34. The topological polar surface area (TPSA) is 146 Å². The van der Waals surface area contributed by atoms with E-state index < -0.39 is 12.0 Å². The molecule has 1 atom stereocenters. The van der Waals surface area contributed by atoms with Gasteiger partial charge in [0.1, 0.15) is 11.4 Å². The number of hydrogen-bond donors (Lipinski definition) is 1. The first kappa shape index (κ1) is 30.1. The number of nitrogens with one attached hydrogen (secondary N) is 1. The van der Waals surface area contributed by atoms with Crippen LogP contribution in [0.5, 0.6) is 11.9 Å². The van der Waals surface area contributed by atoms with Crippen LogP contribution in [0.25, 0.3) is 5.69 Å². The minimum Gasteiger partial charge on any atom is -0.479 e. The molecule has 4 aromatic rings. The van der Waals surface area contributed by atoms with Crippen molar-refractivity contribution in [2.24, 2.45) is 7.05 Å². The lowest BCUT2D eigenvalue weighted by Crippen LogP contribution is -2.25. The fourth-order valence-corrected chi connectivity index (χ4v) is 4.81. The van der Waals surface area contributed by atoms with E-state index >= 15 is 0 Å². The van der Waals surface area contributed by atoms with Gasteiger partial charge in [-0.1, -0.05) is 37.6 Å². The average molecular weight is 592 g/mol. The molecule has 3 heterocycles. The Morgan fingerprint density at radius 3 is 2.50 bits per heavy atom. The molecule has 1 N–H and O–H groups in total. The molecule has 0 saturated heterocycles. The van der Waals surface area contributed by atoms with Crippen LogP contribution >= 0.6 is 11.6 Å². The molecule has 12 nitrogen and oxygen atoms in total. The van der Waals surface area contributed by atoms with Crippen molar-refractivity contribution in [2.45, 2.75) is 32.7 Å². The lowest BCUT2D eigenvalue weighted by Gasteiger charge is -2.24. The molecule has 1 aromatic carbocycles. The molecule has 0 bridgehead atoms. The van der Waals surface area contributed by atoms with E-state index in [0.717, 1.165) is 0 Å². The van der Waals surface area contributed by atoms with Crippen molar-refractivity contribution in [1.29, 1.82) is 5.26 Å². The van der Waals surface area contributed by atoms with Crippen LogP contribution in [0, 0.1) is 11.3 Å². The quantitative estimate of drug-likeness (QED) is 0.263. The molecule has 0 aliphatic carbocycles. The van der Waals surface area contributed by atoms with Gasteiger partial charge in [-0.2, -0.15) is 15.3 Å². The molecule has 0 saturated carbocycles. The highest BCUT2D eigenvalue weighted by Crippen LogP contribution is 2.38. The minimum atomic E-state index is -0.806.